The molecule has 2 unspecified atom stereocenters. The maximum Gasteiger partial charge on any atom is 0.360 e. The second kappa shape index (κ2) is 11.2. The topological polar surface area (TPSA) is 75.7 Å². The molecule has 0 radical (unpaired) electrons. The molecule has 24 heavy (non-hydrogen) atoms. The van der Waals surface area contributed by atoms with Gasteiger partial charge < -0.3 is 5.11 Å². The van der Waals surface area contributed by atoms with Crippen LogP contribution in [0, 0.1) is 0 Å². The van der Waals surface area contributed by atoms with Crippen LogP contribution in [0.25, 0.3) is 0 Å². The Labute approximate surface area is 146 Å². The van der Waals surface area contributed by atoms with Gasteiger partial charge in [-0.25, -0.2) is 9.28 Å². The highest BCUT2D eigenvalue weighted by atomic mass is 16.4. The highest BCUT2D eigenvalue weighted by Gasteiger charge is 2.39. The number of allylic oxidation sites excluding steroid dienone is 1. The lowest BCUT2D eigenvalue weighted by Gasteiger charge is -2.33. The molecule has 1 heterocycles. The lowest BCUT2D eigenvalue weighted by Crippen LogP contribution is -2.58. The van der Waals surface area contributed by atoms with Crippen LogP contribution in [0.2, 0.25) is 0 Å². The van der Waals surface area contributed by atoms with E-state index in [-0.39, 0.29) is 17.2 Å². The minimum atomic E-state index is -0.872. The number of unbranched alkanes of at least 4 members (excludes halogenated alkanes) is 8. The molecule has 3 N–H and O–H groups in total. The number of aliphatic carboxylic acids is 1. The Morgan fingerprint density at radius 1 is 1.25 bits per heavy atom. The van der Waals surface area contributed by atoms with Crippen LogP contribution < -0.4 is 5.73 Å². The van der Waals surface area contributed by atoms with Crippen LogP contribution in [-0.2, 0) is 4.79 Å². The third-order valence-corrected chi connectivity index (χ3v) is 4.58. The number of nitrogens with two attached hydrogens (primary N) is 1. The number of rotatable bonds is 13. The maximum atomic E-state index is 11.2. The van der Waals surface area contributed by atoms with Gasteiger partial charge in [0.05, 0.1) is 6.20 Å². The molecule has 136 valence electrons. The third kappa shape index (κ3) is 6.57. The molecule has 1 aliphatic heterocycles. The lowest BCUT2D eigenvalue weighted by molar-refractivity contribution is -0.803. The smallest absolute Gasteiger partial charge is 0.360 e. The molecule has 0 fully saturated rings. The molecule has 1 rings (SSSR count). The maximum absolute atomic E-state index is 11.2. The molecule has 5 heteroatoms. The zero-order chi connectivity index (χ0) is 17.8. The zero-order valence-electron chi connectivity index (χ0n) is 15.3. The molecule has 5 nitrogen and oxygen atoms in total. The average molecular weight is 337 g/mol. The van der Waals surface area contributed by atoms with Crippen molar-refractivity contribution in [3.05, 3.63) is 24.6 Å². The van der Waals surface area contributed by atoms with E-state index in [4.69, 9.17) is 10.8 Å². The van der Waals surface area contributed by atoms with Crippen molar-refractivity contribution in [3.63, 3.8) is 0 Å². The molecule has 2 atom stereocenters. The third-order valence-electron chi connectivity index (χ3n) is 4.58. The first-order valence-electron chi connectivity index (χ1n) is 9.30. The largest absolute Gasteiger partial charge is 0.477 e. The first-order chi connectivity index (χ1) is 11.5. The summed E-state index contributed by atoms with van der Waals surface area (Å²) in [7, 11) is 0. The Balaban J connectivity index is 2.32. The summed E-state index contributed by atoms with van der Waals surface area (Å²) in [6.07, 6.45) is 18.6. The molecule has 0 bridgehead atoms. The van der Waals surface area contributed by atoms with Crippen molar-refractivity contribution in [1.82, 2.24) is 0 Å². The van der Waals surface area contributed by atoms with Gasteiger partial charge in [-0.05, 0) is 12.8 Å². The predicted molar refractivity (Wildman–Crippen MR) is 99.4 cm³/mol. The van der Waals surface area contributed by atoms with Crippen molar-refractivity contribution < 1.29 is 14.4 Å². The van der Waals surface area contributed by atoms with E-state index >= 15 is 0 Å². The highest BCUT2D eigenvalue weighted by Crippen LogP contribution is 2.21. The van der Waals surface area contributed by atoms with E-state index in [9.17, 15) is 4.79 Å². The summed E-state index contributed by atoms with van der Waals surface area (Å²) >= 11 is 0. The van der Waals surface area contributed by atoms with Crippen molar-refractivity contribution in [2.45, 2.75) is 77.8 Å². The number of carboxylic acid groups (broad SMARTS) is 1. The summed E-state index contributed by atoms with van der Waals surface area (Å²) in [6.45, 7) is 3.99. The van der Waals surface area contributed by atoms with Gasteiger partial charge >= 0.3 is 5.97 Å². The van der Waals surface area contributed by atoms with Gasteiger partial charge in [-0.15, -0.1) is 0 Å². The van der Waals surface area contributed by atoms with Crippen molar-refractivity contribution in [1.29, 1.82) is 0 Å². The summed E-state index contributed by atoms with van der Waals surface area (Å²) < 4.78 is 0.0866. The van der Waals surface area contributed by atoms with E-state index in [0.29, 0.717) is 5.84 Å². The van der Waals surface area contributed by atoms with Gasteiger partial charge in [-0.3, -0.25) is 5.73 Å². The van der Waals surface area contributed by atoms with Gasteiger partial charge in [0.25, 0.3) is 0 Å². The number of hydrogen-bond acceptors (Lipinski definition) is 3. The molecule has 0 aromatic heterocycles. The Morgan fingerprint density at radius 2 is 1.88 bits per heavy atom. The number of nitrogens with zero attached hydrogens (tertiary/aromatic N) is 2. The number of hydrogen-bond donors (Lipinski definition) is 2. The van der Waals surface area contributed by atoms with E-state index in [1.807, 2.05) is 13.0 Å². The lowest BCUT2D eigenvalue weighted by atomic mass is 10.1. The minimum Gasteiger partial charge on any atom is -0.477 e. The second-order valence-electron chi connectivity index (χ2n) is 6.67. The van der Waals surface area contributed by atoms with Crippen LogP contribution in [0.1, 0.15) is 71.6 Å². The number of carboxylic acids is 1. The van der Waals surface area contributed by atoms with Crippen LogP contribution in [0.3, 0.4) is 0 Å². The summed E-state index contributed by atoms with van der Waals surface area (Å²) in [4.78, 5) is 15.5. The van der Waals surface area contributed by atoms with Crippen molar-refractivity contribution in [2.75, 3.05) is 6.54 Å². The minimum absolute atomic E-state index is 0.0743. The predicted octanol–water partition coefficient (Wildman–Crippen LogP) is 4.16. The molecule has 1 aliphatic rings. The van der Waals surface area contributed by atoms with Crippen LogP contribution >= 0.6 is 0 Å². The second-order valence-corrected chi connectivity index (χ2v) is 6.67. The van der Waals surface area contributed by atoms with Crippen molar-refractivity contribution in [2.24, 2.45) is 10.7 Å². The van der Waals surface area contributed by atoms with Crippen LogP contribution in [0.4, 0.5) is 0 Å². The first kappa shape index (κ1) is 20.6. The number of quaternary nitrogens is 1. The molecular formula is C19H34N3O2+. The van der Waals surface area contributed by atoms with E-state index in [2.05, 4.69) is 18.0 Å². The van der Waals surface area contributed by atoms with Gasteiger partial charge in [0.2, 0.25) is 5.84 Å². The first-order valence-corrected chi connectivity index (χ1v) is 9.30. The summed E-state index contributed by atoms with van der Waals surface area (Å²) in [6, 6.07) is 0. The average Bonchev–Trinajstić information content (AvgIpc) is 2.92. The van der Waals surface area contributed by atoms with Gasteiger partial charge in [-0.2, -0.15) is 4.99 Å². The number of carbonyl (C=O) groups is 1. The van der Waals surface area contributed by atoms with Crippen LogP contribution in [-0.4, -0.2) is 34.1 Å². The molecule has 0 spiro atoms. The monoisotopic (exact) mass is 336 g/mol. The highest BCUT2D eigenvalue weighted by molar-refractivity contribution is 5.90. The molecule has 0 amide bonds. The summed E-state index contributed by atoms with van der Waals surface area (Å²) in [5.41, 5.74) is 6.03. The molecule has 0 aromatic rings. The van der Waals surface area contributed by atoms with Gasteiger partial charge in [-0.1, -0.05) is 57.9 Å². The molecule has 0 aromatic carbocycles. The van der Waals surface area contributed by atoms with Gasteiger partial charge in [0.1, 0.15) is 12.4 Å². The molecule has 0 saturated heterocycles. The quantitative estimate of drug-likeness (QED) is 0.391. The fourth-order valence-electron chi connectivity index (χ4n) is 3.03. The zero-order valence-corrected chi connectivity index (χ0v) is 15.3. The van der Waals surface area contributed by atoms with E-state index in [0.717, 1.165) is 6.42 Å². The molecule has 0 aliphatic carbocycles. The number of amidine groups is 1. The molecule has 0 saturated carbocycles. The normalized spacial score (nSPS) is 21.4. The van der Waals surface area contributed by atoms with Crippen molar-refractivity contribution in [3.8, 4) is 0 Å². The van der Waals surface area contributed by atoms with E-state index in [1.165, 1.54) is 51.4 Å². The van der Waals surface area contributed by atoms with Gasteiger partial charge in [0.15, 0.2) is 6.54 Å². The van der Waals surface area contributed by atoms with E-state index < -0.39 is 5.97 Å². The fraction of sp³-hybridized carbons (Fsp3) is 0.684. The Hall–Kier alpha value is -1.46. The molecular weight excluding hydrogens is 302 g/mol. The van der Waals surface area contributed by atoms with Gasteiger partial charge in [0, 0.05) is 13.0 Å². The van der Waals surface area contributed by atoms with E-state index in [1.54, 1.807) is 12.4 Å². The Bertz CT molecular complexity index is 469. The van der Waals surface area contributed by atoms with Crippen LogP contribution in [0.5, 0.6) is 0 Å². The van der Waals surface area contributed by atoms with Crippen molar-refractivity contribution >= 4 is 11.8 Å². The van der Waals surface area contributed by atoms with Crippen LogP contribution in [0.15, 0.2) is 29.5 Å². The number of aliphatic imine (C=N–C) groups is 1. The fourth-order valence-corrected chi connectivity index (χ4v) is 3.03. The Morgan fingerprint density at radius 3 is 2.46 bits per heavy atom. The SMILES string of the molecule is CCCCCCCCCC/C=C/C1=NC=C[N+]1(CC(=O)O)C(C)N. The Kier molecular flexibility index (Phi) is 9.57. The summed E-state index contributed by atoms with van der Waals surface area (Å²) in [5.74, 6) is -0.157. The standard InChI is InChI=1S/C19H33N3O2/c1-3-4-5-6-7-8-9-10-11-12-13-18-21-14-15-22(18,17(2)20)16-19(23)24/h12-15,17H,3-11,16,20H2,1-2H3/p+1/b13-12+. The summed E-state index contributed by atoms with van der Waals surface area (Å²) in [5, 5.41) is 9.17.